The first kappa shape index (κ1) is 16.9. The third-order valence-corrected chi connectivity index (χ3v) is 3.20. The Morgan fingerprint density at radius 3 is 2.54 bits per heavy atom. The first-order valence-electron chi connectivity index (χ1n) is 6.91. The van der Waals surface area contributed by atoms with Crippen LogP contribution < -0.4 is 16.4 Å². The van der Waals surface area contributed by atoms with Gasteiger partial charge in [0.05, 0.1) is 16.2 Å². The molecule has 3 amide bonds. The van der Waals surface area contributed by atoms with E-state index in [1.807, 2.05) is 0 Å². The number of nitrogens with zero attached hydrogens (tertiary/aromatic N) is 2. The average Bonchev–Trinajstić information content (AvgIpc) is 2.53. The first-order valence-corrected chi connectivity index (χ1v) is 6.91. The second kappa shape index (κ2) is 7.18. The highest BCUT2D eigenvalue weighted by Crippen LogP contribution is 2.15. The van der Waals surface area contributed by atoms with Gasteiger partial charge in [-0.1, -0.05) is 12.1 Å². The molecule has 0 saturated carbocycles. The fourth-order valence-corrected chi connectivity index (χ4v) is 1.98. The number of aryl methyl sites for hydroxylation is 1. The van der Waals surface area contributed by atoms with Crippen molar-refractivity contribution in [3.05, 3.63) is 63.5 Å². The maximum Gasteiger partial charge on any atom is 0.316 e. The third-order valence-electron chi connectivity index (χ3n) is 3.20. The van der Waals surface area contributed by atoms with Gasteiger partial charge < -0.3 is 16.4 Å². The molecule has 0 spiro atoms. The predicted octanol–water partition coefficient (Wildman–Crippen LogP) is 1.72. The van der Waals surface area contributed by atoms with Crippen molar-refractivity contribution in [1.82, 2.24) is 10.3 Å². The van der Waals surface area contributed by atoms with Crippen molar-refractivity contribution in [2.24, 2.45) is 5.73 Å². The Labute approximate surface area is 137 Å². The number of hydrogen-bond acceptors (Lipinski definition) is 5. The number of nitro groups is 1. The van der Waals surface area contributed by atoms with Crippen molar-refractivity contribution in [2.75, 3.05) is 5.32 Å². The molecule has 0 unspecified atom stereocenters. The van der Waals surface area contributed by atoms with Gasteiger partial charge in [0.1, 0.15) is 6.20 Å². The molecule has 9 heteroatoms. The number of benzene rings is 1. The second-order valence-electron chi connectivity index (χ2n) is 4.95. The third kappa shape index (κ3) is 4.26. The monoisotopic (exact) mass is 329 g/mol. The summed E-state index contributed by atoms with van der Waals surface area (Å²) >= 11 is 0. The quantitative estimate of drug-likeness (QED) is 0.566. The van der Waals surface area contributed by atoms with Crippen molar-refractivity contribution < 1.29 is 14.5 Å². The van der Waals surface area contributed by atoms with E-state index in [0.717, 1.165) is 11.8 Å². The summed E-state index contributed by atoms with van der Waals surface area (Å²) in [4.78, 5) is 36.9. The maximum atomic E-state index is 12.2. The molecule has 1 aromatic heterocycles. The van der Waals surface area contributed by atoms with Gasteiger partial charge in [0, 0.05) is 18.3 Å². The molecule has 1 heterocycles. The Kier molecular flexibility index (Phi) is 5.05. The highest BCUT2D eigenvalue weighted by molar-refractivity contribution is 5.95. The van der Waals surface area contributed by atoms with Crippen LogP contribution in [0.15, 0.2) is 36.5 Å². The van der Waals surface area contributed by atoms with Crippen molar-refractivity contribution in [3.63, 3.8) is 0 Å². The van der Waals surface area contributed by atoms with Crippen LogP contribution in [0.25, 0.3) is 0 Å². The van der Waals surface area contributed by atoms with Gasteiger partial charge in [-0.05, 0) is 24.6 Å². The molecule has 0 aliphatic rings. The molecule has 1 aromatic carbocycles. The normalized spacial score (nSPS) is 10.0. The molecule has 9 nitrogen and oxygen atoms in total. The smallest absolute Gasteiger partial charge is 0.316 e. The number of nitrogens with one attached hydrogen (secondary N) is 2. The number of amides is 3. The number of nitrogens with two attached hydrogens (primary N) is 1. The summed E-state index contributed by atoms with van der Waals surface area (Å²) in [5.41, 5.74) is 6.65. The van der Waals surface area contributed by atoms with E-state index in [9.17, 15) is 19.7 Å². The standard InChI is InChI=1S/C15H15N5O4/c1-9-13(6-12(8-17-9)20(23)24)14(21)18-7-10-2-4-11(5-3-10)19-15(16)22/h2-6,8H,7H2,1H3,(H,18,21)(H3,16,19,22). The van der Waals surface area contributed by atoms with E-state index in [1.54, 1.807) is 31.2 Å². The number of urea groups is 1. The van der Waals surface area contributed by atoms with Gasteiger partial charge in [0.2, 0.25) is 0 Å². The van der Waals surface area contributed by atoms with Crippen LogP contribution >= 0.6 is 0 Å². The Hall–Kier alpha value is -3.49. The second-order valence-corrected chi connectivity index (χ2v) is 4.95. The number of rotatable bonds is 5. The van der Waals surface area contributed by atoms with E-state index >= 15 is 0 Å². The molecule has 0 saturated heterocycles. The number of primary amides is 1. The van der Waals surface area contributed by atoms with Crippen molar-refractivity contribution in [3.8, 4) is 0 Å². The van der Waals surface area contributed by atoms with E-state index in [4.69, 9.17) is 5.73 Å². The number of hydrogen-bond donors (Lipinski definition) is 3. The number of pyridine rings is 1. The zero-order chi connectivity index (χ0) is 17.7. The van der Waals surface area contributed by atoms with Gasteiger partial charge in [-0.15, -0.1) is 0 Å². The molecule has 124 valence electrons. The van der Waals surface area contributed by atoms with Crippen molar-refractivity contribution in [2.45, 2.75) is 13.5 Å². The van der Waals surface area contributed by atoms with Gasteiger partial charge in [0.25, 0.3) is 11.6 Å². The van der Waals surface area contributed by atoms with Crippen LogP contribution in [-0.4, -0.2) is 21.8 Å². The summed E-state index contributed by atoms with van der Waals surface area (Å²) in [6, 6.07) is 7.25. The fourth-order valence-electron chi connectivity index (χ4n) is 1.98. The van der Waals surface area contributed by atoms with E-state index in [2.05, 4.69) is 15.6 Å². The van der Waals surface area contributed by atoms with Crippen molar-refractivity contribution >= 4 is 23.3 Å². The van der Waals surface area contributed by atoms with Gasteiger partial charge in [-0.2, -0.15) is 0 Å². The SMILES string of the molecule is Cc1ncc([N+](=O)[O-])cc1C(=O)NCc1ccc(NC(N)=O)cc1. The van der Waals surface area contributed by atoms with Crippen LogP contribution in [0, 0.1) is 17.0 Å². The van der Waals surface area contributed by atoms with Gasteiger partial charge in [-0.25, -0.2) is 4.79 Å². The van der Waals surface area contributed by atoms with Crippen LogP contribution in [0.2, 0.25) is 0 Å². The molecule has 0 fully saturated rings. The summed E-state index contributed by atoms with van der Waals surface area (Å²) < 4.78 is 0. The zero-order valence-corrected chi connectivity index (χ0v) is 12.8. The molecular formula is C15H15N5O4. The molecule has 0 radical (unpaired) electrons. The lowest BCUT2D eigenvalue weighted by Crippen LogP contribution is -2.24. The predicted molar refractivity (Wildman–Crippen MR) is 86.4 cm³/mol. The van der Waals surface area contributed by atoms with Gasteiger partial charge in [-0.3, -0.25) is 19.9 Å². The van der Waals surface area contributed by atoms with E-state index in [0.29, 0.717) is 11.4 Å². The minimum atomic E-state index is -0.662. The largest absolute Gasteiger partial charge is 0.351 e. The molecule has 2 rings (SSSR count). The molecule has 0 aliphatic carbocycles. The lowest BCUT2D eigenvalue weighted by Gasteiger charge is -2.08. The Bertz CT molecular complexity index is 789. The highest BCUT2D eigenvalue weighted by Gasteiger charge is 2.15. The minimum Gasteiger partial charge on any atom is -0.351 e. The molecule has 2 aromatic rings. The number of carbonyl (C=O) groups excluding carboxylic acids is 2. The van der Waals surface area contributed by atoms with Crippen LogP contribution in [0.4, 0.5) is 16.2 Å². The van der Waals surface area contributed by atoms with Gasteiger partial charge in [0.15, 0.2) is 0 Å². The highest BCUT2D eigenvalue weighted by atomic mass is 16.6. The Morgan fingerprint density at radius 1 is 1.29 bits per heavy atom. The van der Waals surface area contributed by atoms with Crippen LogP contribution in [0.3, 0.4) is 0 Å². The van der Waals surface area contributed by atoms with Crippen molar-refractivity contribution in [1.29, 1.82) is 0 Å². The molecule has 0 aliphatic heterocycles. The Morgan fingerprint density at radius 2 is 1.96 bits per heavy atom. The Balaban J connectivity index is 2.04. The topological polar surface area (TPSA) is 140 Å². The first-order chi connectivity index (χ1) is 11.4. The van der Waals surface area contributed by atoms with Crippen LogP contribution in [0.1, 0.15) is 21.6 Å². The average molecular weight is 329 g/mol. The molecule has 4 N–H and O–H groups in total. The van der Waals surface area contributed by atoms with E-state index < -0.39 is 16.9 Å². The minimum absolute atomic E-state index is 0.149. The maximum absolute atomic E-state index is 12.2. The van der Waals surface area contributed by atoms with Crippen LogP contribution in [-0.2, 0) is 6.54 Å². The number of anilines is 1. The summed E-state index contributed by atoms with van der Waals surface area (Å²) in [7, 11) is 0. The summed E-state index contributed by atoms with van der Waals surface area (Å²) in [6.45, 7) is 1.82. The fraction of sp³-hybridized carbons (Fsp3) is 0.133. The molecule has 0 bridgehead atoms. The summed E-state index contributed by atoms with van der Waals surface area (Å²) in [6.07, 6.45) is 1.11. The summed E-state index contributed by atoms with van der Waals surface area (Å²) in [5, 5.41) is 15.9. The lowest BCUT2D eigenvalue weighted by atomic mass is 10.1. The van der Waals surface area contributed by atoms with E-state index in [-0.39, 0.29) is 17.8 Å². The number of carbonyl (C=O) groups is 2. The van der Waals surface area contributed by atoms with Gasteiger partial charge >= 0.3 is 6.03 Å². The van der Waals surface area contributed by atoms with Crippen LogP contribution in [0.5, 0.6) is 0 Å². The lowest BCUT2D eigenvalue weighted by molar-refractivity contribution is -0.385. The zero-order valence-electron chi connectivity index (χ0n) is 12.8. The molecule has 24 heavy (non-hydrogen) atoms. The number of aromatic nitrogens is 1. The van der Waals surface area contributed by atoms with E-state index in [1.165, 1.54) is 6.07 Å². The molecular weight excluding hydrogens is 314 g/mol. The summed E-state index contributed by atoms with van der Waals surface area (Å²) in [5.74, 6) is -0.456. The molecule has 0 atom stereocenters.